The zero-order chi connectivity index (χ0) is 20.8. The number of nitrogens with one attached hydrogen (secondary N) is 1. The lowest BCUT2D eigenvalue weighted by Crippen LogP contribution is -2.14. The molecule has 0 radical (unpaired) electrons. The molecule has 29 heavy (non-hydrogen) atoms. The van der Waals surface area contributed by atoms with Crippen LogP contribution in [0.2, 0.25) is 0 Å². The molecule has 0 spiro atoms. The van der Waals surface area contributed by atoms with Gasteiger partial charge in [0, 0.05) is 17.3 Å². The van der Waals surface area contributed by atoms with Gasteiger partial charge in [0.15, 0.2) is 0 Å². The van der Waals surface area contributed by atoms with Crippen LogP contribution >= 0.6 is 0 Å². The van der Waals surface area contributed by atoms with Crippen LogP contribution in [0.3, 0.4) is 0 Å². The molecule has 3 N–H and O–H groups in total. The van der Waals surface area contributed by atoms with Gasteiger partial charge in [0.25, 0.3) is 5.91 Å². The van der Waals surface area contributed by atoms with Gasteiger partial charge >= 0.3 is 5.97 Å². The minimum absolute atomic E-state index is 0.00546. The summed E-state index contributed by atoms with van der Waals surface area (Å²) in [6.07, 6.45) is 1.13. The van der Waals surface area contributed by atoms with Gasteiger partial charge in [-0.3, -0.25) is 4.79 Å². The molecule has 148 valence electrons. The normalized spacial score (nSPS) is 10.4. The number of nitrogens with zero attached hydrogens (tertiary/aromatic N) is 1. The Kier molecular flexibility index (Phi) is 6.16. The number of carbonyl (C=O) groups is 2. The van der Waals surface area contributed by atoms with Crippen molar-refractivity contribution in [2.45, 2.75) is 13.2 Å². The predicted octanol–water partition coefficient (Wildman–Crippen LogP) is 3.24. The predicted molar refractivity (Wildman–Crippen MR) is 102 cm³/mol. The van der Waals surface area contributed by atoms with E-state index in [2.05, 4.69) is 10.3 Å². The summed E-state index contributed by atoms with van der Waals surface area (Å²) in [4.78, 5) is 27.3. The van der Waals surface area contributed by atoms with Crippen LogP contribution in [0.25, 0.3) is 0 Å². The van der Waals surface area contributed by atoms with E-state index in [1.165, 1.54) is 30.3 Å². The zero-order valence-electron chi connectivity index (χ0n) is 15.1. The van der Waals surface area contributed by atoms with Crippen molar-refractivity contribution in [2.75, 3.05) is 5.32 Å². The second-order valence-corrected chi connectivity index (χ2v) is 6.10. The standard InChI is InChI=1S/C21H17FN2O5/c22-18-4-2-1-3-15(18)12-29-17-8-13(11-25)7-16(9-17)20(26)24-19-6-5-14(10-23-19)21(27)28/h1-10,25H,11-12H2,(H,27,28)(H,23,24,26). The van der Waals surface area contributed by atoms with E-state index in [0.29, 0.717) is 16.9 Å². The number of benzene rings is 2. The molecule has 1 aromatic heterocycles. The second kappa shape index (κ2) is 8.94. The number of hydrogen-bond donors (Lipinski definition) is 3. The van der Waals surface area contributed by atoms with Crippen molar-refractivity contribution >= 4 is 17.7 Å². The summed E-state index contributed by atoms with van der Waals surface area (Å²) in [6.45, 7) is -0.358. The number of anilines is 1. The molecule has 2 aromatic carbocycles. The quantitative estimate of drug-likeness (QED) is 0.566. The van der Waals surface area contributed by atoms with Gasteiger partial charge in [-0.05, 0) is 42.0 Å². The first-order valence-electron chi connectivity index (χ1n) is 8.58. The number of amides is 1. The van der Waals surface area contributed by atoms with Crippen LogP contribution in [0.1, 0.15) is 31.8 Å². The fourth-order valence-electron chi connectivity index (χ4n) is 2.53. The third-order valence-corrected chi connectivity index (χ3v) is 4.02. The molecule has 3 aromatic rings. The third-order valence-electron chi connectivity index (χ3n) is 4.02. The van der Waals surface area contributed by atoms with Crippen molar-refractivity contribution in [2.24, 2.45) is 0 Å². The molecule has 7 nitrogen and oxygen atoms in total. The van der Waals surface area contributed by atoms with Gasteiger partial charge in [-0.1, -0.05) is 18.2 Å². The summed E-state index contributed by atoms with van der Waals surface area (Å²) in [5.41, 5.74) is 0.990. The van der Waals surface area contributed by atoms with Gasteiger partial charge < -0.3 is 20.3 Å². The maximum Gasteiger partial charge on any atom is 0.337 e. The number of carbonyl (C=O) groups excluding carboxylic acids is 1. The molecule has 0 saturated carbocycles. The molecule has 1 heterocycles. The number of carboxylic acids is 1. The number of aromatic nitrogens is 1. The highest BCUT2D eigenvalue weighted by Gasteiger charge is 2.12. The van der Waals surface area contributed by atoms with E-state index in [-0.39, 0.29) is 30.2 Å². The summed E-state index contributed by atoms with van der Waals surface area (Å²) in [6, 6.07) is 13.4. The molecule has 0 fully saturated rings. The molecule has 0 aliphatic rings. The highest BCUT2D eigenvalue weighted by molar-refractivity contribution is 6.04. The number of aliphatic hydroxyl groups is 1. The van der Waals surface area contributed by atoms with E-state index < -0.39 is 17.7 Å². The van der Waals surface area contributed by atoms with Crippen molar-refractivity contribution in [3.8, 4) is 5.75 Å². The Balaban J connectivity index is 1.76. The summed E-state index contributed by atoms with van der Waals surface area (Å²) >= 11 is 0. The van der Waals surface area contributed by atoms with Crippen molar-refractivity contribution in [1.29, 1.82) is 0 Å². The van der Waals surface area contributed by atoms with Gasteiger partial charge in [0.2, 0.25) is 0 Å². The summed E-state index contributed by atoms with van der Waals surface area (Å²) in [7, 11) is 0. The number of aliphatic hydroxyl groups excluding tert-OH is 1. The van der Waals surface area contributed by atoms with E-state index in [0.717, 1.165) is 6.20 Å². The van der Waals surface area contributed by atoms with Crippen molar-refractivity contribution in [1.82, 2.24) is 4.98 Å². The number of ether oxygens (including phenoxy) is 1. The number of halogens is 1. The van der Waals surface area contributed by atoms with Crippen molar-refractivity contribution in [3.05, 3.63) is 88.9 Å². The molecule has 8 heteroatoms. The van der Waals surface area contributed by atoms with Gasteiger partial charge in [-0.2, -0.15) is 0 Å². The van der Waals surface area contributed by atoms with E-state index in [1.807, 2.05) is 0 Å². The van der Waals surface area contributed by atoms with E-state index in [4.69, 9.17) is 9.84 Å². The minimum Gasteiger partial charge on any atom is -0.489 e. The molecular formula is C21H17FN2O5. The minimum atomic E-state index is -1.12. The highest BCUT2D eigenvalue weighted by Crippen LogP contribution is 2.21. The third kappa shape index (κ3) is 5.14. The lowest BCUT2D eigenvalue weighted by atomic mass is 10.1. The number of rotatable bonds is 7. The summed E-state index contributed by atoms with van der Waals surface area (Å²) < 4.78 is 19.3. The van der Waals surface area contributed by atoms with Crippen molar-refractivity contribution < 1.29 is 28.9 Å². The fourth-order valence-corrected chi connectivity index (χ4v) is 2.53. The lowest BCUT2D eigenvalue weighted by molar-refractivity contribution is 0.0696. The van der Waals surface area contributed by atoms with Crippen LogP contribution < -0.4 is 10.1 Å². The average Bonchev–Trinajstić information content (AvgIpc) is 2.73. The maximum absolute atomic E-state index is 13.7. The average molecular weight is 396 g/mol. The smallest absolute Gasteiger partial charge is 0.337 e. The van der Waals surface area contributed by atoms with Crippen molar-refractivity contribution in [3.63, 3.8) is 0 Å². The molecule has 1 amide bonds. The van der Waals surface area contributed by atoms with Crippen LogP contribution in [0.4, 0.5) is 10.2 Å². The molecule has 0 unspecified atom stereocenters. The Labute approximate surface area is 165 Å². The van der Waals surface area contributed by atoms with Crippen LogP contribution in [0.5, 0.6) is 5.75 Å². The van der Waals surface area contributed by atoms with E-state index in [9.17, 15) is 19.1 Å². The first kappa shape index (κ1) is 20.0. The number of pyridine rings is 1. The topological polar surface area (TPSA) is 109 Å². The molecule has 0 bridgehead atoms. The molecular weight excluding hydrogens is 379 g/mol. The van der Waals surface area contributed by atoms with Gasteiger partial charge in [-0.15, -0.1) is 0 Å². The largest absolute Gasteiger partial charge is 0.489 e. The second-order valence-electron chi connectivity index (χ2n) is 6.10. The SMILES string of the molecule is O=C(O)c1ccc(NC(=O)c2cc(CO)cc(OCc3ccccc3F)c2)nc1. The van der Waals surface area contributed by atoms with Crippen LogP contribution in [0.15, 0.2) is 60.8 Å². The molecule has 0 aliphatic carbocycles. The fraction of sp³-hybridized carbons (Fsp3) is 0.0952. The Morgan fingerprint density at radius 3 is 2.52 bits per heavy atom. The maximum atomic E-state index is 13.7. The van der Waals surface area contributed by atoms with E-state index in [1.54, 1.807) is 24.3 Å². The molecule has 3 rings (SSSR count). The highest BCUT2D eigenvalue weighted by atomic mass is 19.1. The van der Waals surface area contributed by atoms with Crippen LogP contribution in [0, 0.1) is 5.82 Å². The van der Waals surface area contributed by atoms with Gasteiger partial charge in [-0.25, -0.2) is 14.2 Å². The Hall–Kier alpha value is -3.78. The first-order valence-corrected chi connectivity index (χ1v) is 8.58. The monoisotopic (exact) mass is 396 g/mol. The number of hydrogen-bond acceptors (Lipinski definition) is 5. The van der Waals surface area contributed by atoms with E-state index >= 15 is 0 Å². The van der Waals surface area contributed by atoms with Gasteiger partial charge in [0.1, 0.15) is 24.0 Å². The lowest BCUT2D eigenvalue weighted by Gasteiger charge is -2.11. The van der Waals surface area contributed by atoms with Crippen LogP contribution in [-0.4, -0.2) is 27.1 Å². The Morgan fingerprint density at radius 1 is 1.07 bits per heavy atom. The molecule has 0 saturated heterocycles. The Bertz CT molecular complexity index is 1040. The first-order chi connectivity index (χ1) is 14.0. The van der Waals surface area contributed by atoms with Crippen LogP contribution in [-0.2, 0) is 13.2 Å². The Morgan fingerprint density at radius 2 is 1.86 bits per heavy atom. The summed E-state index contributed by atoms with van der Waals surface area (Å²) in [5.74, 6) is -1.59. The molecule has 0 aliphatic heterocycles. The molecule has 0 atom stereocenters. The number of carboxylic acid groups (broad SMARTS) is 1. The zero-order valence-corrected chi connectivity index (χ0v) is 15.1. The summed E-state index contributed by atoms with van der Waals surface area (Å²) in [5, 5.41) is 20.9. The number of aromatic carboxylic acids is 1. The van der Waals surface area contributed by atoms with Gasteiger partial charge in [0.05, 0.1) is 12.2 Å².